The SMILES string of the molecule is CCN(CCn1cccn1)C(=O)NCCc1scnc1C. The maximum Gasteiger partial charge on any atom is 0.317 e. The van der Waals surface area contributed by atoms with Gasteiger partial charge in [-0.05, 0) is 19.9 Å². The molecule has 0 saturated carbocycles. The largest absolute Gasteiger partial charge is 0.338 e. The third-order valence-electron chi connectivity index (χ3n) is 3.30. The van der Waals surface area contributed by atoms with Gasteiger partial charge in [0.1, 0.15) is 0 Å². The smallest absolute Gasteiger partial charge is 0.317 e. The van der Waals surface area contributed by atoms with Gasteiger partial charge in [-0.25, -0.2) is 9.78 Å². The molecule has 7 heteroatoms. The number of urea groups is 1. The van der Waals surface area contributed by atoms with Gasteiger partial charge in [-0.15, -0.1) is 11.3 Å². The summed E-state index contributed by atoms with van der Waals surface area (Å²) in [5.41, 5.74) is 2.90. The molecule has 0 bridgehead atoms. The first-order chi connectivity index (χ1) is 10.2. The molecule has 0 aromatic carbocycles. The summed E-state index contributed by atoms with van der Waals surface area (Å²) in [6.07, 6.45) is 4.48. The average molecular weight is 307 g/mol. The Morgan fingerprint density at radius 2 is 2.38 bits per heavy atom. The normalized spacial score (nSPS) is 10.6. The van der Waals surface area contributed by atoms with Crippen LogP contribution in [0.15, 0.2) is 24.0 Å². The highest BCUT2D eigenvalue weighted by Crippen LogP contribution is 2.11. The van der Waals surface area contributed by atoms with Gasteiger partial charge in [0, 0.05) is 43.3 Å². The highest BCUT2D eigenvalue weighted by molar-refractivity contribution is 7.09. The monoisotopic (exact) mass is 307 g/mol. The Kier molecular flexibility index (Phi) is 5.74. The van der Waals surface area contributed by atoms with Crippen LogP contribution in [-0.2, 0) is 13.0 Å². The van der Waals surface area contributed by atoms with Gasteiger partial charge in [0.05, 0.1) is 17.7 Å². The number of aryl methyl sites for hydroxylation is 1. The fourth-order valence-electron chi connectivity index (χ4n) is 2.02. The van der Waals surface area contributed by atoms with Gasteiger partial charge in [-0.2, -0.15) is 5.10 Å². The fraction of sp³-hybridized carbons (Fsp3) is 0.500. The first kappa shape index (κ1) is 15.5. The van der Waals surface area contributed by atoms with E-state index in [0.717, 1.165) is 12.1 Å². The maximum absolute atomic E-state index is 12.1. The first-order valence-electron chi connectivity index (χ1n) is 7.10. The second-order valence-corrected chi connectivity index (χ2v) is 5.63. The van der Waals surface area contributed by atoms with Crippen LogP contribution in [0.1, 0.15) is 17.5 Å². The van der Waals surface area contributed by atoms with Gasteiger partial charge in [0.25, 0.3) is 0 Å². The minimum absolute atomic E-state index is 0.0215. The van der Waals surface area contributed by atoms with E-state index >= 15 is 0 Å². The summed E-state index contributed by atoms with van der Waals surface area (Å²) in [5, 5.41) is 7.11. The number of hydrogen-bond donors (Lipinski definition) is 1. The Labute approximate surface area is 128 Å². The molecule has 0 fully saturated rings. The molecule has 0 spiro atoms. The molecular weight excluding hydrogens is 286 g/mol. The molecule has 1 N–H and O–H groups in total. The Morgan fingerprint density at radius 1 is 1.52 bits per heavy atom. The predicted molar refractivity (Wildman–Crippen MR) is 83.4 cm³/mol. The lowest BCUT2D eigenvalue weighted by Gasteiger charge is -2.21. The summed E-state index contributed by atoms with van der Waals surface area (Å²) in [6.45, 7) is 6.67. The highest BCUT2D eigenvalue weighted by Gasteiger charge is 2.11. The summed E-state index contributed by atoms with van der Waals surface area (Å²) in [4.78, 5) is 19.4. The van der Waals surface area contributed by atoms with Gasteiger partial charge in [0.15, 0.2) is 0 Å². The Bertz CT molecular complexity index is 551. The number of aromatic nitrogens is 3. The molecule has 2 aromatic heterocycles. The first-order valence-corrected chi connectivity index (χ1v) is 7.97. The van der Waals surface area contributed by atoms with Crippen LogP contribution in [0.5, 0.6) is 0 Å². The van der Waals surface area contributed by atoms with Gasteiger partial charge in [-0.3, -0.25) is 4.68 Å². The van der Waals surface area contributed by atoms with Crippen molar-refractivity contribution in [2.75, 3.05) is 19.6 Å². The van der Waals surface area contributed by atoms with Crippen molar-refractivity contribution >= 4 is 17.4 Å². The molecule has 0 aliphatic heterocycles. The van der Waals surface area contributed by atoms with Crippen molar-refractivity contribution in [2.24, 2.45) is 0 Å². The Hall–Kier alpha value is -1.89. The van der Waals surface area contributed by atoms with E-state index in [0.29, 0.717) is 26.2 Å². The zero-order valence-electron chi connectivity index (χ0n) is 12.5. The van der Waals surface area contributed by atoms with E-state index in [1.807, 2.05) is 36.3 Å². The molecule has 2 rings (SSSR count). The van der Waals surface area contributed by atoms with Gasteiger partial charge in [-0.1, -0.05) is 0 Å². The average Bonchev–Trinajstić information content (AvgIpc) is 3.12. The van der Waals surface area contributed by atoms with Crippen LogP contribution in [0.3, 0.4) is 0 Å². The van der Waals surface area contributed by atoms with E-state index in [1.54, 1.807) is 22.4 Å². The Morgan fingerprint density at radius 3 is 3.00 bits per heavy atom. The van der Waals surface area contributed by atoms with Crippen LogP contribution in [0, 0.1) is 6.92 Å². The van der Waals surface area contributed by atoms with Crippen LogP contribution in [-0.4, -0.2) is 45.3 Å². The van der Waals surface area contributed by atoms with Gasteiger partial charge < -0.3 is 10.2 Å². The Balaban J connectivity index is 1.73. The number of carbonyl (C=O) groups excluding carboxylic acids is 1. The standard InChI is InChI=1S/C14H21N5OS/c1-3-18(9-10-19-8-4-6-17-19)14(20)15-7-5-13-12(2)16-11-21-13/h4,6,8,11H,3,5,7,9-10H2,1-2H3,(H,15,20). The second-order valence-electron chi connectivity index (χ2n) is 4.69. The van der Waals surface area contributed by atoms with E-state index in [1.165, 1.54) is 4.88 Å². The van der Waals surface area contributed by atoms with E-state index in [-0.39, 0.29) is 6.03 Å². The van der Waals surface area contributed by atoms with Gasteiger partial charge >= 0.3 is 6.03 Å². The van der Waals surface area contributed by atoms with Crippen molar-refractivity contribution in [3.8, 4) is 0 Å². The molecule has 0 aliphatic rings. The summed E-state index contributed by atoms with van der Waals surface area (Å²) in [6, 6.07) is 1.86. The zero-order chi connectivity index (χ0) is 15.1. The van der Waals surface area contributed by atoms with Crippen LogP contribution in [0.4, 0.5) is 4.79 Å². The summed E-state index contributed by atoms with van der Waals surface area (Å²) in [5.74, 6) is 0. The van der Waals surface area contributed by atoms with E-state index in [4.69, 9.17) is 0 Å². The van der Waals surface area contributed by atoms with Crippen molar-refractivity contribution in [1.29, 1.82) is 0 Å². The second kappa shape index (κ2) is 7.78. The molecule has 0 saturated heterocycles. The van der Waals surface area contributed by atoms with Crippen molar-refractivity contribution in [1.82, 2.24) is 25.0 Å². The van der Waals surface area contributed by atoms with Crippen LogP contribution in [0.2, 0.25) is 0 Å². The number of nitrogens with one attached hydrogen (secondary N) is 1. The lowest BCUT2D eigenvalue weighted by molar-refractivity contribution is 0.198. The molecule has 6 nitrogen and oxygen atoms in total. The lowest BCUT2D eigenvalue weighted by Crippen LogP contribution is -2.42. The quantitative estimate of drug-likeness (QED) is 0.850. The molecule has 0 atom stereocenters. The molecular formula is C14H21N5OS. The van der Waals surface area contributed by atoms with Crippen molar-refractivity contribution in [3.05, 3.63) is 34.5 Å². The third kappa shape index (κ3) is 4.56. The van der Waals surface area contributed by atoms with E-state index in [2.05, 4.69) is 15.4 Å². The number of carbonyl (C=O) groups is 1. The minimum atomic E-state index is -0.0215. The predicted octanol–water partition coefficient (Wildman–Crippen LogP) is 1.92. The lowest BCUT2D eigenvalue weighted by atomic mass is 10.3. The van der Waals surface area contributed by atoms with Crippen LogP contribution < -0.4 is 5.32 Å². The topological polar surface area (TPSA) is 63.1 Å². The zero-order valence-corrected chi connectivity index (χ0v) is 13.3. The highest BCUT2D eigenvalue weighted by atomic mass is 32.1. The summed E-state index contributed by atoms with van der Waals surface area (Å²) >= 11 is 1.64. The third-order valence-corrected chi connectivity index (χ3v) is 4.30. The van der Waals surface area contributed by atoms with Gasteiger partial charge in [0.2, 0.25) is 0 Å². The molecule has 0 unspecified atom stereocenters. The van der Waals surface area contributed by atoms with Crippen LogP contribution in [0.25, 0.3) is 0 Å². The molecule has 0 radical (unpaired) electrons. The molecule has 0 aliphatic carbocycles. The van der Waals surface area contributed by atoms with Crippen molar-refractivity contribution < 1.29 is 4.79 Å². The van der Waals surface area contributed by atoms with E-state index in [9.17, 15) is 4.79 Å². The molecule has 21 heavy (non-hydrogen) atoms. The molecule has 2 aromatic rings. The van der Waals surface area contributed by atoms with Crippen LogP contribution >= 0.6 is 11.3 Å². The molecule has 2 amide bonds. The number of rotatable bonds is 7. The van der Waals surface area contributed by atoms with E-state index < -0.39 is 0 Å². The molecule has 2 heterocycles. The number of hydrogen-bond acceptors (Lipinski definition) is 4. The van der Waals surface area contributed by atoms with Crippen molar-refractivity contribution in [3.63, 3.8) is 0 Å². The fourth-order valence-corrected chi connectivity index (χ4v) is 2.80. The number of thiazole rings is 1. The number of nitrogens with zero attached hydrogens (tertiary/aromatic N) is 4. The number of likely N-dealkylation sites (N-methyl/N-ethyl adjacent to an activating group) is 1. The van der Waals surface area contributed by atoms with Crippen molar-refractivity contribution in [2.45, 2.75) is 26.8 Å². The maximum atomic E-state index is 12.1. The minimum Gasteiger partial charge on any atom is -0.338 e. The molecule has 114 valence electrons. The number of amides is 2. The summed E-state index contributed by atoms with van der Waals surface area (Å²) in [7, 11) is 0. The summed E-state index contributed by atoms with van der Waals surface area (Å²) < 4.78 is 1.83.